The van der Waals surface area contributed by atoms with E-state index in [0.717, 1.165) is 24.0 Å². The summed E-state index contributed by atoms with van der Waals surface area (Å²) in [4.78, 5) is 4.13. The van der Waals surface area contributed by atoms with E-state index in [9.17, 15) is 4.39 Å². The molecule has 0 unspecified atom stereocenters. The van der Waals surface area contributed by atoms with Crippen molar-refractivity contribution in [2.45, 2.75) is 19.4 Å². The molecule has 6 heteroatoms. The molecular formula is C14H21FIN3O. The molecule has 20 heavy (non-hydrogen) atoms. The van der Waals surface area contributed by atoms with Gasteiger partial charge < -0.3 is 15.4 Å². The van der Waals surface area contributed by atoms with Crippen LogP contribution in [0.1, 0.15) is 18.4 Å². The first-order valence-electron chi connectivity index (χ1n) is 6.50. The van der Waals surface area contributed by atoms with Crippen molar-refractivity contribution in [3.8, 4) is 5.75 Å². The molecule has 4 nitrogen and oxygen atoms in total. The van der Waals surface area contributed by atoms with Crippen molar-refractivity contribution >= 4 is 29.9 Å². The summed E-state index contributed by atoms with van der Waals surface area (Å²) in [5.74, 6) is 1.46. The number of methoxy groups -OCH3 is 1. The first-order valence-corrected chi connectivity index (χ1v) is 6.50. The molecule has 0 atom stereocenters. The molecule has 0 amide bonds. The van der Waals surface area contributed by atoms with Gasteiger partial charge in [0.2, 0.25) is 0 Å². The van der Waals surface area contributed by atoms with Gasteiger partial charge in [-0.3, -0.25) is 4.99 Å². The van der Waals surface area contributed by atoms with Gasteiger partial charge in [-0.25, -0.2) is 4.39 Å². The monoisotopic (exact) mass is 393 g/mol. The molecule has 2 N–H and O–H groups in total. The van der Waals surface area contributed by atoms with E-state index in [1.807, 2.05) is 6.07 Å². The van der Waals surface area contributed by atoms with E-state index in [4.69, 9.17) is 4.74 Å². The number of aliphatic imine (C=N–C) groups is 1. The number of ether oxygens (including phenoxy) is 1. The molecule has 1 aromatic rings. The maximum absolute atomic E-state index is 13.5. The molecule has 0 aromatic heterocycles. The van der Waals surface area contributed by atoms with E-state index < -0.39 is 0 Å². The van der Waals surface area contributed by atoms with Gasteiger partial charge in [0.1, 0.15) is 0 Å². The van der Waals surface area contributed by atoms with Crippen molar-refractivity contribution in [2.24, 2.45) is 10.9 Å². The van der Waals surface area contributed by atoms with E-state index in [2.05, 4.69) is 15.6 Å². The highest BCUT2D eigenvalue weighted by Gasteiger charge is 2.20. The minimum atomic E-state index is -0.345. The molecule has 0 radical (unpaired) electrons. The molecule has 1 saturated carbocycles. The summed E-state index contributed by atoms with van der Waals surface area (Å²) >= 11 is 0. The molecule has 1 aliphatic carbocycles. The number of nitrogens with zero attached hydrogens (tertiary/aromatic N) is 1. The molecule has 0 spiro atoms. The van der Waals surface area contributed by atoms with Gasteiger partial charge in [-0.1, -0.05) is 6.07 Å². The molecule has 112 valence electrons. The molecule has 0 heterocycles. The van der Waals surface area contributed by atoms with E-state index >= 15 is 0 Å². The highest BCUT2D eigenvalue weighted by atomic mass is 127. The van der Waals surface area contributed by atoms with Gasteiger partial charge in [0, 0.05) is 20.1 Å². The SMILES string of the molecule is CN=C(NCc1ccc(OC)c(F)c1)NCC1CC1.I. The lowest BCUT2D eigenvalue weighted by molar-refractivity contribution is 0.386. The van der Waals surface area contributed by atoms with Crippen LogP contribution in [0, 0.1) is 11.7 Å². The predicted molar refractivity (Wildman–Crippen MR) is 89.3 cm³/mol. The summed E-state index contributed by atoms with van der Waals surface area (Å²) in [6, 6.07) is 4.94. The Balaban J connectivity index is 0.00000200. The fourth-order valence-electron chi connectivity index (χ4n) is 1.79. The molecule has 0 bridgehead atoms. The quantitative estimate of drug-likeness (QED) is 0.459. The highest BCUT2D eigenvalue weighted by molar-refractivity contribution is 14.0. The molecule has 1 fully saturated rings. The Labute approximate surface area is 136 Å². The van der Waals surface area contributed by atoms with Gasteiger partial charge in [0.05, 0.1) is 7.11 Å². The van der Waals surface area contributed by atoms with E-state index in [1.165, 1.54) is 26.0 Å². The fraction of sp³-hybridized carbons (Fsp3) is 0.500. The lowest BCUT2D eigenvalue weighted by Gasteiger charge is -2.12. The van der Waals surface area contributed by atoms with Gasteiger partial charge in [0.15, 0.2) is 17.5 Å². The fourth-order valence-corrected chi connectivity index (χ4v) is 1.79. The second-order valence-electron chi connectivity index (χ2n) is 4.72. The van der Waals surface area contributed by atoms with Crippen molar-refractivity contribution in [1.82, 2.24) is 10.6 Å². The van der Waals surface area contributed by atoms with E-state index in [0.29, 0.717) is 6.54 Å². The van der Waals surface area contributed by atoms with Crippen molar-refractivity contribution in [3.05, 3.63) is 29.6 Å². The van der Waals surface area contributed by atoms with Gasteiger partial charge in [0.25, 0.3) is 0 Å². The summed E-state index contributed by atoms with van der Waals surface area (Å²) in [5.41, 5.74) is 0.854. The van der Waals surface area contributed by atoms with Crippen LogP contribution in [0.2, 0.25) is 0 Å². The largest absolute Gasteiger partial charge is 0.494 e. The molecule has 1 aromatic carbocycles. The normalized spacial score (nSPS) is 14.4. The maximum atomic E-state index is 13.5. The minimum Gasteiger partial charge on any atom is -0.494 e. The summed E-state index contributed by atoms with van der Waals surface area (Å²) in [6.45, 7) is 1.49. The average Bonchev–Trinajstić information content (AvgIpc) is 3.23. The second kappa shape index (κ2) is 8.28. The van der Waals surface area contributed by atoms with Crippen LogP contribution in [0.5, 0.6) is 5.75 Å². The minimum absolute atomic E-state index is 0. The molecule has 0 saturated heterocycles. The third kappa shape index (κ3) is 5.15. The topological polar surface area (TPSA) is 45.7 Å². The van der Waals surface area contributed by atoms with E-state index in [-0.39, 0.29) is 35.5 Å². The molecule has 2 rings (SSSR count). The number of hydrogen-bond acceptors (Lipinski definition) is 2. The molecule has 1 aliphatic rings. The Morgan fingerprint density at radius 1 is 1.40 bits per heavy atom. The van der Waals surface area contributed by atoms with Crippen LogP contribution >= 0.6 is 24.0 Å². The number of nitrogens with one attached hydrogen (secondary N) is 2. The number of halogens is 2. The lowest BCUT2D eigenvalue weighted by Crippen LogP contribution is -2.37. The predicted octanol–water partition coefficient (Wildman–Crippen LogP) is 2.53. The Kier molecular flexibility index (Phi) is 7.04. The average molecular weight is 393 g/mol. The van der Waals surface area contributed by atoms with Crippen LogP contribution in [0.15, 0.2) is 23.2 Å². The van der Waals surface area contributed by atoms with Crippen molar-refractivity contribution < 1.29 is 9.13 Å². The van der Waals surface area contributed by atoms with Gasteiger partial charge >= 0.3 is 0 Å². The highest BCUT2D eigenvalue weighted by Crippen LogP contribution is 2.27. The Morgan fingerprint density at radius 2 is 2.15 bits per heavy atom. The van der Waals surface area contributed by atoms with Crippen LogP contribution in [0.3, 0.4) is 0 Å². The van der Waals surface area contributed by atoms with Crippen LogP contribution in [0.4, 0.5) is 4.39 Å². The van der Waals surface area contributed by atoms with Crippen LogP contribution < -0.4 is 15.4 Å². The summed E-state index contributed by atoms with van der Waals surface area (Å²) in [6.07, 6.45) is 2.60. The summed E-state index contributed by atoms with van der Waals surface area (Å²) in [7, 11) is 3.19. The first-order chi connectivity index (χ1) is 9.22. The third-order valence-electron chi connectivity index (χ3n) is 3.15. The van der Waals surface area contributed by atoms with Crippen molar-refractivity contribution in [1.29, 1.82) is 0 Å². The van der Waals surface area contributed by atoms with Crippen LogP contribution in [-0.4, -0.2) is 26.7 Å². The lowest BCUT2D eigenvalue weighted by atomic mass is 10.2. The van der Waals surface area contributed by atoms with Gasteiger partial charge in [-0.05, 0) is 36.5 Å². The number of benzene rings is 1. The summed E-state index contributed by atoms with van der Waals surface area (Å²) < 4.78 is 18.4. The zero-order chi connectivity index (χ0) is 13.7. The van der Waals surface area contributed by atoms with E-state index in [1.54, 1.807) is 13.1 Å². The Hall–Kier alpha value is -1.05. The zero-order valence-electron chi connectivity index (χ0n) is 11.8. The van der Waals surface area contributed by atoms with Crippen molar-refractivity contribution in [2.75, 3.05) is 20.7 Å². The van der Waals surface area contributed by atoms with Gasteiger partial charge in [-0.2, -0.15) is 0 Å². The van der Waals surface area contributed by atoms with Crippen LogP contribution in [0.25, 0.3) is 0 Å². The second-order valence-corrected chi connectivity index (χ2v) is 4.72. The zero-order valence-corrected chi connectivity index (χ0v) is 14.1. The number of rotatable bonds is 5. The maximum Gasteiger partial charge on any atom is 0.191 e. The summed E-state index contributed by atoms with van der Waals surface area (Å²) in [5, 5.41) is 6.42. The van der Waals surface area contributed by atoms with Gasteiger partial charge in [-0.15, -0.1) is 24.0 Å². The van der Waals surface area contributed by atoms with Crippen molar-refractivity contribution in [3.63, 3.8) is 0 Å². The molecule has 0 aliphatic heterocycles. The smallest absolute Gasteiger partial charge is 0.191 e. The molecular weight excluding hydrogens is 372 g/mol. The standard InChI is InChI=1S/C14H20FN3O.HI/c1-16-14(17-8-10-3-4-10)18-9-11-5-6-13(19-2)12(15)7-11;/h5-7,10H,3-4,8-9H2,1-2H3,(H2,16,17,18);1H. The number of guanidine groups is 1. The Morgan fingerprint density at radius 3 is 2.70 bits per heavy atom. The third-order valence-corrected chi connectivity index (χ3v) is 3.15. The number of hydrogen-bond donors (Lipinski definition) is 2. The Bertz CT molecular complexity index is 464. The van der Waals surface area contributed by atoms with Crippen LogP contribution in [-0.2, 0) is 6.54 Å². The first kappa shape index (κ1) is 17.0.